The number of rotatable bonds is 24. The first-order valence-corrected chi connectivity index (χ1v) is 37.5. The Labute approximate surface area is 570 Å². The Morgan fingerprint density at radius 1 is 0.310 bits per heavy atom. The highest BCUT2D eigenvalue weighted by Gasteiger charge is 2.45. The number of aromatic hydroxyl groups is 8. The van der Waals surface area contributed by atoms with E-state index in [-0.39, 0.29) is 0 Å². The fourth-order valence-electron chi connectivity index (χ4n) is 14.8. The minimum absolute atomic E-state index is 0.499. The fourth-order valence-corrected chi connectivity index (χ4v) is 17.0. The molecule has 4 fully saturated rings. The predicted octanol–water partition coefficient (Wildman–Crippen LogP) is -0.637. The molecule has 1 aliphatic carbocycles. The van der Waals surface area contributed by atoms with Crippen molar-refractivity contribution in [2.45, 2.75) is 150 Å². The number of phenols is 8. The first kappa shape index (κ1) is 76.7. The summed E-state index contributed by atoms with van der Waals surface area (Å²) in [6.45, 7) is -6.10. The van der Waals surface area contributed by atoms with Gasteiger partial charge in [-0.25, -0.2) is 0 Å². The van der Waals surface area contributed by atoms with E-state index in [2.05, 4.69) is 0 Å². The summed E-state index contributed by atoms with van der Waals surface area (Å²) in [6, 6.07) is -3.45. The number of likely N-dealkylation sites (tertiary alicyclic amines) is 4. The van der Waals surface area contributed by atoms with Gasteiger partial charge in [-0.3, -0.25) is 57.0 Å². The summed E-state index contributed by atoms with van der Waals surface area (Å²) in [5.41, 5.74) is -9.29. The number of carboxylic acids is 4. The van der Waals surface area contributed by atoms with Crippen LogP contribution in [-0.4, -0.2) is 275 Å². The fraction of sp³-hybridized carbons (Fsp3) is 0.533. The molecule has 40 heteroatoms. The van der Waals surface area contributed by atoms with Crippen molar-refractivity contribution in [3.05, 3.63) is 91.0 Å². The highest BCUT2D eigenvalue weighted by Crippen LogP contribution is 2.57. The molecular weight excluding hydrogens is 1420 g/mol. The molecule has 552 valence electrons. The predicted molar refractivity (Wildman–Crippen MR) is 340 cm³/mol. The van der Waals surface area contributed by atoms with Gasteiger partial charge >= 0.3 is 23.9 Å². The van der Waals surface area contributed by atoms with Crippen LogP contribution in [-0.2, 0) is 85.8 Å². The average molecular weight is 1490 g/mol. The molecule has 4 aromatic carbocycles. The van der Waals surface area contributed by atoms with Crippen molar-refractivity contribution in [3.8, 4) is 46.0 Å². The van der Waals surface area contributed by atoms with Gasteiger partial charge in [0.05, 0.1) is 69.7 Å². The van der Waals surface area contributed by atoms with E-state index in [0.717, 1.165) is 43.9 Å². The van der Waals surface area contributed by atoms with Crippen molar-refractivity contribution in [1.29, 1.82) is 0 Å². The van der Waals surface area contributed by atoms with Crippen molar-refractivity contribution in [2.75, 3.05) is 49.2 Å². The molecular formula is C60H76N4O32S4. The number of aliphatic hydroxyl groups is 4. The molecule has 0 saturated carbocycles. The number of phenolic OH excluding ortho intramolecular Hbond substituents is 8. The van der Waals surface area contributed by atoms with Gasteiger partial charge in [0.2, 0.25) is 0 Å². The minimum atomic E-state index is -5.30. The van der Waals surface area contributed by atoms with Crippen LogP contribution in [0.15, 0.2) is 24.3 Å². The normalized spacial score (nSPS) is 25.8. The second-order valence-electron chi connectivity index (χ2n) is 26.1. The summed E-state index contributed by atoms with van der Waals surface area (Å²) in [5, 5.41) is 189. The van der Waals surface area contributed by atoms with Crippen LogP contribution in [0.3, 0.4) is 0 Å². The smallest absolute Gasteiger partial charge is 0.321 e. The maximum Gasteiger partial charge on any atom is 0.321 e. The number of aliphatic carboxylic acids is 4. The summed E-state index contributed by atoms with van der Waals surface area (Å²) >= 11 is 0. The molecule has 9 rings (SSSR count). The zero-order valence-electron chi connectivity index (χ0n) is 52.6. The van der Waals surface area contributed by atoms with Crippen LogP contribution >= 0.6 is 0 Å². The van der Waals surface area contributed by atoms with Gasteiger partial charge in [0.15, 0.2) is 0 Å². The number of carboxylic acid groups (broad SMARTS) is 4. The molecule has 4 heterocycles. The maximum absolute atomic E-state index is 13.1. The van der Waals surface area contributed by atoms with Gasteiger partial charge in [-0.05, 0) is 49.9 Å². The molecule has 20 N–H and O–H groups in total. The lowest BCUT2D eigenvalue weighted by Crippen LogP contribution is -2.35. The van der Waals surface area contributed by atoms with Crippen molar-refractivity contribution >= 4 is 64.3 Å². The molecule has 100 heavy (non-hydrogen) atoms. The van der Waals surface area contributed by atoms with Crippen LogP contribution < -0.4 is 0 Å². The molecule has 4 aliphatic heterocycles. The van der Waals surface area contributed by atoms with Crippen molar-refractivity contribution in [3.63, 3.8) is 0 Å². The van der Waals surface area contributed by atoms with Crippen LogP contribution in [0.4, 0.5) is 0 Å². The SMILES string of the molecule is O=C(O)[C@H]1C[C@@H](O)CN1Cc1c(O)c2cc(c1O)C(CCS(=O)(=O)O)c1cc(c(O)c(CN3C[C@H](O)C[C@@H]3C(=O)O)c1O)C(CCS(=O)(=O)O)c1cc(c(O)c(CN3C[C@H](O)C[C@@H]3C(=O)O)c1O)C(CCS(=O)(=O)O)c1cc(c(O)c(CN3C[C@H](O)C[C@@H]3C(=O)O)c1O)C2CCS(=O)(=O)O. The van der Waals surface area contributed by atoms with E-state index < -0.39 is 376 Å². The van der Waals surface area contributed by atoms with Gasteiger partial charge in [-0.15, -0.1) is 0 Å². The first-order valence-electron chi connectivity index (χ1n) is 31.0. The molecule has 5 aliphatic rings. The summed E-state index contributed by atoms with van der Waals surface area (Å²) in [7, 11) is -21.2. The van der Waals surface area contributed by atoms with Crippen LogP contribution in [0.5, 0.6) is 46.0 Å². The number of carbonyl (C=O) groups is 4. The van der Waals surface area contributed by atoms with Gasteiger partial charge in [0.1, 0.15) is 70.2 Å². The summed E-state index contributed by atoms with van der Waals surface area (Å²) in [5.74, 6) is -30.1. The van der Waals surface area contributed by atoms with Crippen molar-refractivity contribution < 1.29 is 153 Å². The number of benzene rings is 4. The van der Waals surface area contributed by atoms with E-state index >= 15 is 0 Å². The lowest BCUT2D eigenvalue weighted by molar-refractivity contribution is -0.143. The molecule has 8 atom stereocenters. The van der Waals surface area contributed by atoms with E-state index in [1.807, 2.05) is 0 Å². The van der Waals surface area contributed by atoms with Gasteiger partial charge in [-0.2, -0.15) is 33.7 Å². The van der Waals surface area contributed by atoms with Gasteiger partial charge in [-0.1, -0.05) is 0 Å². The molecule has 36 nitrogen and oxygen atoms in total. The Bertz CT molecular complexity index is 3720. The largest absolute Gasteiger partial charge is 0.507 e. The molecule has 0 aromatic heterocycles. The Hall–Kier alpha value is -7.52. The van der Waals surface area contributed by atoms with Crippen LogP contribution in [0.2, 0.25) is 0 Å². The lowest BCUT2D eigenvalue weighted by Gasteiger charge is -2.33. The summed E-state index contributed by atoms with van der Waals surface area (Å²) in [4.78, 5) is 55.4. The number of nitrogens with zero attached hydrogens (tertiary/aromatic N) is 4. The topological polar surface area (TPSA) is 622 Å². The molecule has 0 amide bonds. The number of hydrogen-bond donors (Lipinski definition) is 20. The quantitative estimate of drug-likeness (QED) is 0.0388. The summed E-state index contributed by atoms with van der Waals surface area (Å²) < 4.78 is 147. The second kappa shape index (κ2) is 29.1. The zero-order valence-corrected chi connectivity index (χ0v) is 55.9. The van der Waals surface area contributed by atoms with Gasteiger partial charge < -0.3 is 81.7 Å². The van der Waals surface area contributed by atoms with Gasteiger partial charge in [0.25, 0.3) is 40.5 Å². The van der Waals surface area contributed by atoms with Gasteiger partial charge in [0, 0.05) is 146 Å². The number of β-amino-alcohol motifs (C(OH)–C–C–N with tert-alkyl or cyclic N) is 4. The third-order valence-electron chi connectivity index (χ3n) is 19.5. The molecule has 0 spiro atoms. The maximum atomic E-state index is 13.1. The molecule has 4 saturated heterocycles. The third-order valence-corrected chi connectivity index (χ3v) is 22.5. The highest BCUT2D eigenvalue weighted by atomic mass is 32.2. The monoisotopic (exact) mass is 1490 g/mol. The van der Waals surface area contributed by atoms with E-state index in [4.69, 9.17) is 0 Å². The van der Waals surface area contributed by atoms with Crippen LogP contribution in [0.1, 0.15) is 142 Å². The van der Waals surface area contributed by atoms with E-state index in [0.29, 0.717) is 0 Å². The lowest BCUT2D eigenvalue weighted by atomic mass is 9.75. The van der Waals surface area contributed by atoms with E-state index in [1.165, 1.54) is 0 Å². The van der Waals surface area contributed by atoms with Crippen LogP contribution in [0, 0.1) is 0 Å². The Kier molecular flexibility index (Phi) is 22.3. The van der Waals surface area contributed by atoms with E-state index in [1.54, 1.807) is 0 Å². The zero-order chi connectivity index (χ0) is 74.1. The number of fused-ring (bicyclic) bond motifs is 8. The van der Waals surface area contributed by atoms with Crippen LogP contribution in [0.25, 0.3) is 0 Å². The van der Waals surface area contributed by atoms with Crippen molar-refractivity contribution in [1.82, 2.24) is 19.6 Å². The molecule has 4 aromatic rings. The Morgan fingerprint density at radius 2 is 0.460 bits per heavy atom. The number of hydrogen-bond acceptors (Lipinski definition) is 28. The third kappa shape index (κ3) is 16.7. The van der Waals surface area contributed by atoms with E-state index in [9.17, 15) is 153 Å². The molecule has 8 bridgehead atoms. The minimum Gasteiger partial charge on any atom is -0.507 e. The highest BCUT2D eigenvalue weighted by molar-refractivity contribution is 7.86. The summed E-state index contributed by atoms with van der Waals surface area (Å²) in [6.07, 6.45) is -12.2. The second-order valence-corrected chi connectivity index (χ2v) is 32.4. The first-order chi connectivity index (χ1) is 46.3. The Morgan fingerprint density at radius 3 is 0.590 bits per heavy atom. The molecule has 0 radical (unpaired) electrons. The molecule has 0 unspecified atom stereocenters. The van der Waals surface area contributed by atoms with Crippen molar-refractivity contribution in [2.24, 2.45) is 0 Å². The number of aliphatic hydroxyl groups excluding tert-OH is 4. The average Bonchev–Trinajstić information content (AvgIpc) is 1.01. The Balaban J connectivity index is 1.55. The standard InChI is InChI=1S/C60H76N4O32S4/c65-25-9-45(57(77)78)61(17-25)21-41-49(69)33-13-35(51(41)71)30(2-6-98(88,89)90)37-15-39(55(75)43(53(37)73)23-63-19-27(67)11-47(63)59(81)82)32(4-8-100(94,95)96)40-16-38(54(74)44(56(40)76)24-64-20-28(68)12-48(64)60(83)84)31(3-7-99(91,92)93)36-14-34(29(33)1-5-97(85,86)87)50(70)42(52(36)72)22-62-18-26(66)10-46(62)58(79)80/h13-16,25-32,45-48,65-76H,1-12,17-24H2,(H,77,78)(H,79,80)(H,81,82)(H,83,84)(H,85,86,87)(H,88,89,90)(H,91,92,93)(H,94,95,96)/t25-,26-,27-,28-,29?,30?,31?,32?,45-,46-,47-,48-/m1/s1.